The molecule has 0 bridgehead atoms. The predicted molar refractivity (Wildman–Crippen MR) is 86.9 cm³/mol. The fraction of sp³-hybridized carbons (Fsp3) is 0.0556. The minimum Gasteiger partial charge on any atom is -0.438 e. The van der Waals surface area contributed by atoms with Crippen LogP contribution >= 0.6 is 0 Å². The highest BCUT2D eigenvalue weighted by Gasteiger charge is 2.30. The maximum absolute atomic E-state index is 12.6. The molecule has 0 atom stereocenters. The van der Waals surface area contributed by atoms with Gasteiger partial charge in [0.15, 0.2) is 5.82 Å². The third-order valence-corrected chi connectivity index (χ3v) is 3.33. The molecule has 0 radical (unpaired) electrons. The molecule has 4 nitrogen and oxygen atoms in total. The molecule has 1 aromatic carbocycles. The molecule has 0 N–H and O–H groups in total. The number of hydrogen-bond donors (Lipinski definition) is 0. The molecule has 0 aliphatic rings. The summed E-state index contributed by atoms with van der Waals surface area (Å²) in [6.07, 6.45) is 1.86. The average Bonchev–Trinajstić information content (AvgIpc) is 2.62. The van der Waals surface area contributed by atoms with Crippen molar-refractivity contribution in [3.05, 3.63) is 73.0 Å². The van der Waals surface area contributed by atoms with Gasteiger partial charge >= 0.3 is 6.18 Å². The molecule has 25 heavy (non-hydrogen) atoms. The first-order chi connectivity index (χ1) is 12.0. The monoisotopic (exact) mass is 343 g/mol. The summed E-state index contributed by atoms with van der Waals surface area (Å²) in [6.45, 7) is 3.59. The molecule has 3 rings (SSSR count). The zero-order valence-electron chi connectivity index (χ0n) is 12.9. The van der Waals surface area contributed by atoms with Crippen LogP contribution < -0.4 is 4.74 Å². The zero-order valence-corrected chi connectivity index (χ0v) is 12.9. The lowest BCUT2D eigenvalue weighted by Crippen LogP contribution is -2.04. The van der Waals surface area contributed by atoms with Crippen molar-refractivity contribution in [1.29, 1.82) is 0 Å². The maximum Gasteiger partial charge on any atom is 0.416 e. The number of hydrogen-bond acceptors (Lipinski definition) is 4. The number of halogens is 3. The Hall–Kier alpha value is -3.22. The van der Waals surface area contributed by atoms with Crippen molar-refractivity contribution in [3.8, 4) is 22.8 Å². The second kappa shape index (κ2) is 6.72. The largest absolute Gasteiger partial charge is 0.438 e. The highest BCUT2D eigenvalue weighted by molar-refractivity contribution is 5.67. The first-order valence-corrected chi connectivity index (χ1v) is 7.22. The highest BCUT2D eigenvalue weighted by atomic mass is 19.4. The summed E-state index contributed by atoms with van der Waals surface area (Å²) < 4.78 is 43.5. The molecule has 0 fully saturated rings. The molecule has 3 aromatic rings. The second-order valence-corrected chi connectivity index (χ2v) is 5.01. The van der Waals surface area contributed by atoms with E-state index in [-0.39, 0.29) is 11.6 Å². The molecule has 0 amide bonds. The van der Waals surface area contributed by atoms with Crippen molar-refractivity contribution in [1.82, 2.24) is 15.0 Å². The van der Waals surface area contributed by atoms with Gasteiger partial charge < -0.3 is 4.74 Å². The first kappa shape index (κ1) is 16.6. The summed E-state index contributed by atoms with van der Waals surface area (Å²) in [5.41, 5.74) is 0.549. The number of alkyl halides is 3. The van der Waals surface area contributed by atoms with Crippen molar-refractivity contribution in [3.63, 3.8) is 0 Å². The van der Waals surface area contributed by atoms with E-state index in [9.17, 15) is 13.2 Å². The van der Waals surface area contributed by atoms with Gasteiger partial charge in [-0.3, -0.25) is 0 Å². The van der Waals surface area contributed by atoms with Gasteiger partial charge in [0, 0.05) is 29.7 Å². The molecule has 2 heterocycles. The number of nitrogens with zero attached hydrogens (tertiary/aromatic N) is 3. The molecule has 7 heteroatoms. The minimum absolute atomic E-state index is 0.247. The molecular formula is C18H12F3N3O. The van der Waals surface area contributed by atoms with Gasteiger partial charge in [-0.1, -0.05) is 6.58 Å². The van der Waals surface area contributed by atoms with E-state index >= 15 is 0 Å². The van der Waals surface area contributed by atoms with Gasteiger partial charge in [-0.2, -0.15) is 13.2 Å². The maximum atomic E-state index is 12.6. The Morgan fingerprint density at radius 3 is 2.24 bits per heavy atom. The third kappa shape index (κ3) is 3.82. The molecule has 0 unspecified atom stereocenters. The third-order valence-electron chi connectivity index (χ3n) is 3.33. The lowest BCUT2D eigenvalue weighted by molar-refractivity contribution is -0.137. The van der Waals surface area contributed by atoms with E-state index < -0.39 is 11.7 Å². The van der Waals surface area contributed by atoms with Gasteiger partial charge in [-0.15, -0.1) is 0 Å². The van der Waals surface area contributed by atoms with Crippen LogP contribution in [0.2, 0.25) is 0 Å². The van der Waals surface area contributed by atoms with Crippen LogP contribution in [0.25, 0.3) is 17.2 Å². The van der Waals surface area contributed by atoms with Crippen LogP contribution in [0.3, 0.4) is 0 Å². The number of ether oxygens (including phenoxy) is 1. The predicted octanol–water partition coefficient (Wildman–Crippen LogP) is 4.99. The fourth-order valence-electron chi connectivity index (χ4n) is 2.10. The Labute approximate surface area is 141 Å². The van der Waals surface area contributed by atoms with Crippen molar-refractivity contribution in [2.75, 3.05) is 0 Å². The van der Waals surface area contributed by atoms with Crippen molar-refractivity contribution in [2.45, 2.75) is 6.18 Å². The SMILES string of the molecule is C=Cc1ncc(-c2cccnc2Oc2ccc(C(F)(F)F)cc2)cn1. The molecule has 0 saturated heterocycles. The van der Waals surface area contributed by atoms with Crippen LogP contribution in [0.15, 0.2) is 61.6 Å². The minimum atomic E-state index is -4.39. The molecule has 0 aliphatic heterocycles. The summed E-state index contributed by atoms with van der Waals surface area (Å²) >= 11 is 0. The molecule has 0 aliphatic carbocycles. The highest BCUT2D eigenvalue weighted by Crippen LogP contribution is 2.33. The Morgan fingerprint density at radius 2 is 1.64 bits per heavy atom. The van der Waals surface area contributed by atoms with Gasteiger partial charge in [-0.25, -0.2) is 15.0 Å². The van der Waals surface area contributed by atoms with Gasteiger partial charge in [-0.05, 0) is 42.5 Å². The number of aromatic nitrogens is 3. The molecule has 2 aromatic heterocycles. The van der Waals surface area contributed by atoms with Crippen LogP contribution in [0, 0.1) is 0 Å². The van der Waals surface area contributed by atoms with E-state index in [4.69, 9.17) is 4.74 Å². The van der Waals surface area contributed by atoms with E-state index in [2.05, 4.69) is 21.5 Å². The summed E-state index contributed by atoms with van der Waals surface area (Å²) in [6, 6.07) is 7.89. The fourth-order valence-corrected chi connectivity index (χ4v) is 2.10. The van der Waals surface area contributed by atoms with Crippen molar-refractivity contribution in [2.24, 2.45) is 0 Å². The van der Waals surface area contributed by atoms with Crippen LogP contribution in [0.5, 0.6) is 11.6 Å². The Bertz CT molecular complexity index is 875. The summed E-state index contributed by atoms with van der Waals surface area (Å²) in [5.74, 6) is 0.978. The van der Waals surface area contributed by atoms with E-state index in [0.717, 1.165) is 12.1 Å². The van der Waals surface area contributed by atoms with E-state index in [1.807, 2.05) is 0 Å². The number of rotatable bonds is 4. The van der Waals surface area contributed by atoms with Gasteiger partial charge in [0.25, 0.3) is 0 Å². The van der Waals surface area contributed by atoms with Gasteiger partial charge in [0.2, 0.25) is 5.88 Å². The lowest BCUT2D eigenvalue weighted by atomic mass is 10.1. The summed E-state index contributed by atoms with van der Waals surface area (Å²) in [5, 5.41) is 0. The first-order valence-electron chi connectivity index (χ1n) is 7.22. The Balaban J connectivity index is 1.89. The van der Waals surface area contributed by atoms with Gasteiger partial charge in [0.05, 0.1) is 5.56 Å². The van der Waals surface area contributed by atoms with E-state index in [0.29, 0.717) is 17.0 Å². The normalized spacial score (nSPS) is 11.2. The molecule has 0 spiro atoms. The zero-order chi connectivity index (χ0) is 17.9. The lowest BCUT2D eigenvalue weighted by Gasteiger charge is -2.11. The number of benzene rings is 1. The quantitative estimate of drug-likeness (QED) is 0.669. The van der Waals surface area contributed by atoms with E-state index in [1.54, 1.807) is 24.5 Å². The standard InChI is InChI=1S/C18H12F3N3O/c1-2-16-23-10-12(11-24-16)15-4-3-9-22-17(15)25-14-7-5-13(6-8-14)18(19,20)21/h2-11H,1H2. The molecule has 0 saturated carbocycles. The Kier molecular flexibility index (Phi) is 4.47. The van der Waals surface area contributed by atoms with Gasteiger partial charge in [0.1, 0.15) is 5.75 Å². The van der Waals surface area contributed by atoms with Crippen LogP contribution in [0.4, 0.5) is 13.2 Å². The van der Waals surface area contributed by atoms with E-state index in [1.165, 1.54) is 24.4 Å². The molecular weight excluding hydrogens is 331 g/mol. The van der Waals surface area contributed by atoms with Crippen LogP contribution in [0.1, 0.15) is 11.4 Å². The summed E-state index contributed by atoms with van der Waals surface area (Å²) in [7, 11) is 0. The Morgan fingerprint density at radius 1 is 0.960 bits per heavy atom. The van der Waals surface area contributed by atoms with Crippen molar-refractivity contribution >= 4 is 6.08 Å². The number of pyridine rings is 1. The second-order valence-electron chi connectivity index (χ2n) is 5.01. The smallest absolute Gasteiger partial charge is 0.416 e. The average molecular weight is 343 g/mol. The molecule has 126 valence electrons. The topological polar surface area (TPSA) is 47.9 Å². The summed E-state index contributed by atoms with van der Waals surface area (Å²) in [4.78, 5) is 12.4. The van der Waals surface area contributed by atoms with Crippen molar-refractivity contribution < 1.29 is 17.9 Å². The van der Waals surface area contributed by atoms with Crippen LogP contribution in [-0.4, -0.2) is 15.0 Å². The van der Waals surface area contributed by atoms with Crippen LogP contribution in [-0.2, 0) is 6.18 Å².